The maximum Gasteiger partial charge on any atom is 0.239 e. The van der Waals surface area contributed by atoms with Crippen molar-refractivity contribution >= 4 is 17.5 Å². The molecule has 2 N–H and O–H groups in total. The summed E-state index contributed by atoms with van der Waals surface area (Å²) in [6.45, 7) is 2.27. The van der Waals surface area contributed by atoms with Gasteiger partial charge in [0.1, 0.15) is 6.04 Å². The van der Waals surface area contributed by atoms with Gasteiger partial charge in [0.15, 0.2) is 0 Å². The lowest BCUT2D eigenvalue weighted by Gasteiger charge is -2.33. The number of likely N-dealkylation sites (N-methyl/N-ethyl adjacent to an activating group) is 1. The molecule has 0 bridgehead atoms. The molecule has 2 aromatic rings. The van der Waals surface area contributed by atoms with Crippen molar-refractivity contribution < 1.29 is 9.59 Å². The molecule has 2 aromatic carbocycles. The van der Waals surface area contributed by atoms with Gasteiger partial charge in [0, 0.05) is 43.8 Å². The first-order valence-corrected chi connectivity index (χ1v) is 10.7. The van der Waals surface area contributed by atoms with Gasteiger partial charge in [0.2, 0.25) is 11.8 Å². The summed E-state index contributed by atoms with van der Waals surface area (Å²) in [6, 6.07) is 20.0. The van der Waals surface area contributed by atoms with E-state index >= 15 is 0 Å². The summed E-state index contributed by atoms with van der Waals surface area (Å²) in [5.41, 5.74) is 2.05. The van der Waals surface area contributed by atoms with Crippen LogP contribution >= 0.6 is 0 Å². The number of fused-ring (bicyclic) bond motifs is 1. The summed E-state index contributed by atoms with van der Waals surface area (Å²) >= 11 is 0. The predicted octanol–water partition coefficient (Wildman–Crippen LogP) is 2.48. The van der Waals surface area contributed by atoms with Crippen LogP contribution in [0.15, 0.2) is 60.7 Å². The van der Waals surface area contributed by atoms with Crippen LogP contribution in [0.25, 0.3) is 0 Å². The van der Waals surface area contributed by atoms with E-state index in [9.17, 15) is 9.59 Å². The molecule has 2 aliphatic rings. The minimum atomic E-state index is -0.140. The second kappa shape index (κ2) is 9.41. The fourth-order valence-corrected chi connectivity index (χ4v) is 4.69. The summed E-state index contributed by atoms with van der Waals surface area (Å²) in [5, 5.41) is 6.08. The largest absolute Gasteiger partial charge is 0.353 e. The Bertz CT molecular complexity index is 858. The van der Waals surface area contributed by atoms with Gasteiger partial charge in [0.05, 0.1) is 0 Å². The number of hydrogen-bond donors (Lipinski definition) is 2. The molecule has 6 heteroatoms. The highest BCUT2D eigenvalue weighted by atomic mass is 16.2. The zero-order chi connectivity index (χ0) is 20.9. The minimum Gasteiger partial charge on any atom is -0.353 e. The van der Waals surface area contributed by atoms with Crippen LogP contribution in [-0.4, -0.2) is 59.9 Å². The number of benzene rings is 2. The number of para-hydroxylation sites is 1. The Labute approximate surface area is 178 Å². The molecule has 0 spiro atoms. The van der Waals surface area contributed by atoms with E-state index in [-0.39, 0.29) is 29.9 Å². The summed E-state index contributed by atoms with van der Waals surface area (Å²) in [4.78, 5) is 29.9. The highest BCUT2D eigenvalue weighted by Crippen LogP contribution is 2.28. The number of rotatable bonds is 6. The molecular formula is C24H30N4O2. The predicted molar refractivity (Wildman–Crippen MR) is 118 cm³/mol. The topological polar surface area (TPSA) is 64.7 Å². The van der Waals surface area contributed by atoms with Gasteiger partial charge in [-0.1, -0.05) is 48.5 Å². The first kappa shape index (κ1) is 20.6. The van der Waals surface area contributed by atoms with Crippen molar-refractivity contribution in [2.45, 2.75) is 43.9 Å². The first-order chi connectivity index (χ1) is 14.6. The molecule has 6 nitrogen and oxygen atoms in total. The molecule has 2 fully saturated rings. The van der Waals surface area contributed by atoms with E-state index in [0.29, 0.717) is 13.0 Å². The highest BCUT2D eigenvalue weighted by Gasteiger charge is 2.44. The molecule has 158 valence electrons. The summed E-state index contributed by atoms with van der Waals surface area (Å²) < 4.78 is 0. The van der Waals surface area contributed by atoms with Crippen LogP contribution in [0, 0.1) is 0 Å². The monoisotopic (exact) mass is 406 g/mol. The van der Waals surface area contributed by atoms with Crippen molar-refractivity contribution in [2.75, 3.05) is 25.5 Å². The van der Waals surface area contributed by atoms with Crippen LogP contribution in [0.2, 0.25) is 0 Å². The molecule has 4 rings (SSSR count). The van der Waals surface area contributed by atoms with E-state index in [1.807, 2.05) is 48.5 Å². The van der Waals surface area contributed by atoms with Gasteiger partial charge < -0.3 is 10.6 Å². The fourth-order valence-electron chi connectivity index (χ4n) is 4.69. The summed E-state index contributed by atoms with van der Waals surface area (Å²) in [7, 11) is 2.10. The third-order valence-corrected chi connectivity index (χ3v) is 6.34. The van der Waals surface area contributed by atoms with E-state index in [1.54, 1.807) is 0 Å². The average Bonchev–Trinajstić information content (AvgIpc) is 3.13. The second-order valence-corrected chi connectivity index (χ2v) is 8.27. The number of amides is 2. The van der Waals surface area contributed by atoms with Gasteiger partial charge >= 0.3 is 0 Å². The molecule has 2 saturated heterocycles. The third-order valence-electron chi connectivity index (χ3n) is 6.34. The maximum atomic E-state index is 12.9. The van der Waals surface area contributed by atoms with Crippen LogP contribution in [0.4, 0.5) is 5.69 Å². The van der Waals surface area contributed by atoms with Crippen molar-refractivity contribution in [2.24, 2.45) is 0 Å². The number of carbonyl (C=O) groups is 2. The van der Waals surface area contributed by atoms with Gasteiger partial charge in [-0.3, -0.25) is 19.4 Å². The van der Waals surface area contributed by atoms with E-state index < -0.39 is 0 Å². The van der Waals surface area contributed by atoms with Gasteiger partial charge in [-0.25, -0.2) is 0 Å². The van der Waals surface area contributed by atoms with Crippen molar-refractivity contribution in [1.29, 1.82) is 0 Å². The van der Waals surface area contributed by atoms with E-state index in [0.717, 1.165) is 31.6 Å². The molecule has 30 heavy (non-hydrogen) atoms. The Kier molecular flexibility index (Phi) is 6.45. The van der Waals surface area contributed by atoms with Gasteiger partial charge in [-0.15, -0.1) is 0 Å². The normalized spacial score (nSPS) is 24.7. The van der Waals surface area contributed by atoms with Crippen molar-refractivity contribution in [1.82, 2.24) is 15.1 Å². The lowest BCUT2D eigenvalue weighted by atomic mass is 10.0. The van der Waals surface area contributed by atoms with Crippen molar-refractivity contribution in [3.63, 3.8) is 0 Å². The quantitative estimate of drug-likeness (QED) is 0.774. The second-order valence-electron chi connectivity index (χ2n) is 8.27. The van der Waals surface area contributed by atoms with Crippen LogP contribution in [0.1, 0.15) is 24.8 Å². The zero-order valence-corrected chi connectivity index (χ0v) is 17.5. The van der Waals surface area contributed by atoms with Crippen LogP contribution < -0.4 is 10.6 Å². The highest BCUT2D eigenvalue weighted by molar-refractivity contribution is 5.90. The molecule has 0 saturated carbocycles. The van der Waals surface area contributed by atoms with Crippen LogP contribution in [0.5, 0.6) is 0 Å². The van der Waals surface area contributed by atoms with Crippen LogP contribution in [0.3, 0.4) is 0 Å². The molecular weight excluding hydrogens is 376 g/mol. The van der Waals surface area contributed by atoms with Crippen LogP contribution in [-0.2, 0) is 16.1 Å². The molecule has 3 atom stereocenters. The van der Waals surface area contributed by atoms with Gasteiger partial charge in [-0.05, 0) is 37.6 Å². The van der Waals surface area contributed by atoms with E-state index in [1.165, 1.54) is 5.56 Å². The Morgan fingerprint density at radius 2 is 1.80 bits per heavy atom. The number of anilines is 1. The smallest absolute Gasteiger partial charge is 0.239 e. The van der Waals surface area contributed by atoms with Gasteiger partial charge in [-0.2, -0.15) is 0 Å². The molecule has 2 heterocycles. The van der Waals surface area contributed by atoms with Crippen molar-refractivity contribution in [3.05, 3.63) is 66.2 Å². The molecule has 0 aliphatic carbocycles. The van der Waals surface area contributed by atoms with E-state index in [4.69, 9.17) is 0 Å². The molecule has 0 unspecified atom stereocenters. The molecule has 2 amide bonds. The molecule has 2 aliphatic heterocycles. The lowest BCUT2D eigenvalue weighted by molar-refractivity contribution is -0.126. The Hall–Kier alpha value is -2.70. The third kappa shape index (κ3) is 4.71. The fraction of sp³-hybridized carbons (Fsp3) is 0.417. The standard InChI is InChI=1S/C24H30N4O2/c1-27-20(12-13-22(29)26-19-10-6-3-7-11-19)16-25-24(30)23-21(27)14-15-28(23)17-18-8-4-2-5-9-18/h2-11,20-21,23H,12-17H2,1H3,(H,25,30)(H,26,29)/t20-,21+,23-/m0/s1. The SMILES string of the molecule is CN1[C@@H](CCC(=O)Nc2ccccc2)CNC(=O)[C@@H]2[C@H]1CCN2Cc1ccccc1. The first-order valence-electron chi connectivity index (χ1n) is 10.7. The molecule has 0 aromatic heterocycles. The lowest BCUT2D eigenvalue weighted by Crippen LogP contribution is -2.49. The Balaban J connectivity index is 1.36. The number of nitrogens with zero attached hydrogens (tertiary/aromatic N) is 2. The number of nitrogens with one attached hydrogen (secondary N) is 2. The number of likely N-dealkylation sites (tertiary alicyclic amines) is 1. The summed E-state index contributed by atoms with van der Waals surface area (Å²) in [5.74, 6) is 0.121. The number of hydrogen-bond acceptors (Lipinski definition) is 4. The number of carbonyl (C=O) groups excluding carboxylic acids is 2. The van der Waals surface area contributed by atoms with E-state index in [2.05, 4.69) is 39.6 Å². The molecule has 0 radical (unpaired) electrons. The Morgan fingerprint density at radius 1 is 1.10 bits per heavy atom. The maximum absolute atomic E-state index is 12.9. The average molecular weight is 407 g/mol. The minimum absolute atomic E-state index is 0.0128. The summed E-state index contributed by atoms with van der Waals surface area (Å²) in [6.07, 6.45) is 2.12. The Morgan fingerprint density at radius 3 is 2.53 bits per heavy atom. The van der Waals surface area contributed by atoms with Crippen molar-refractivity contribution in [3.8, 4) is 0 Å². The zero-order valence-electron chi connectivity index (χ0n) is 17.5. The van der Waals surface area contributed by atoms with Gasteiger partial charge in [0.25, 0.3) is 0 Å².